The molecule has 1 heterocycles. The van der Waals surface area contributed by atoms with Crippen LogP contribution in [0, 0.1) is 0 Å². The van der Waals surface area contributed by atoms with Crippen molar-refractivity contribution in [3.05, 3.63) is 23.8 Å². The molecule has 0 spiro atoms. The number of anilines is 1. The molecule has 1 aromatic carbocycles. The van der Waals surface area contributed by atoms with E-state index >= 15 is 0 Å². The number of benzene rings is 1. The van der Waals surface area contributed by atoms with Gasteiger partial charge in [0, 0.05) is 13.1 Å². The van der Waals surface area contributed by atoms with Crippen molar-refractivity contribution in [2.24, 2.45) is 0 Å². The van der Waals surface area contributed by atoms with Gasteiger partial charge in [-0.1, -0.05) is 12.8 Å². The fourth-order valence-corrected chi connectivity index (χ4v) is 4.06. The SMILES string of the molecule is COC(=O)c1ccc(S(=O)(=O)N2CCCCCC2)c(N)c1. The van der Waals surface area contributed by atoms with Crippen molar-refractivity contribution < 1.29 is 17.9 Å². The number of carbonyl (C=O) groups is 1. The van der Waals surface area contributed by atoms with Crippen molar-refractivity contribution in [2.75, 3.05) is 25.9 Å². The van der Waals surface area contributed by atoms with Crippen LogP contribution in [-0.2, 0) is 14.8 Å². The van der Waals surface area contributed by atoms with E-state index in [1.54, 1.807) is 0 Å². The molecule has 1 aromatic rings. The number of carbonyl (C=O) groups excluding carboxylic acids is 1. The van der Waals surface area contributed by atoms with Gasteiger partial charge in [0.2, 0.25) is 10.0 Å². The van der Waals surface area contributed by atoms with Crippen LogP contribution < -0.4 is 5.73 Å². The Labute approximate surface area is 124 Å². The van der Waals surface area contributed by atoms with Crippen molar-refractivity contribution in [1.82, 2.24) is 4.31 Å². The number of nitrogens with zero attached hydrogens (tertiary/aromatic N) is 1. The second-order valence-corrected chi connectivity index (χ2v) is 6.97. The number of nitrogens with two attached hydrogens (primary N) is 1. The van der Waals surface area contributed by atoms with Crippen LogP contribution >= 0.6 is 0 Å². The van der Waals surface area contributed by atoms with Crippen molar-refractivity contribution in [2.45, 2.75) is 30.6 Å². The van der Waals surface area contributed by atoms with Gasteiger partial charge in [0.1, 0.15) is 4.90 Å². The standard InChI is InChI=1S/C14H20N2O4S/c1-20-14(17)11-6-7-13(12(15)10-11)21(18,19)16-8-4-2-3-5-9-16/h6-7,10H,2-5,8-9,15H2,1H3. The monoisotopic (exact) mass is 312 g/mol. The molecule has 0 saturated carbocycles. The number of rotatable bonds is 3. The molecular formula is C14H20N2O4S. The Bertz CT molecular complexity index is 620. The number of sulfonamides is 1. The average molecular weight is 312 g/mol. The summed E-state index contributed by atoms with van der Waals surface area (Å²) in [6.45, 7) is 1.03. The zero-order valence-electron chi connectivity index (χ0n) is 12.0. The van der Waals surface area contributed by atoms with Crippen LogP contribution in [-0.4, -0.2) is 38.9 Å². The van der Waals surface area contributed by atoms with E-state index in [1.165, 1.54) is 29.6 Å². The van der Waals surface area contributed by atoms with E-state index in [0.717, 1.165) is 25.7 Å². The molecule has 2 rings (SSSR count). The Hall–Kier alpha value is -1.60. The van der Waals surface area contributed by atoms with Gasteiger partial charge in [0.25, 0.3) is 0 Å². The molecule has 0 aliphatic carbocycles. The fourth-order valence-electron chi connectivity index (χ4n) is 2.45. The van der Waals surface area contributed by atoms with Crippen LogP contribution in [0.3, 0.4) is 0 Å². The van der Waals surface area contributed by atoms with E-state index < -0.39 is 16.0 Å². The first-order valence-corrected chi connectivity index (χ1v) is 8.39. The fraction of sp³-hybridized carbons (Fsp3) is 0.500. The van der Waals surface area contributed by atoms with E-state index in [4.69, 9.17) is 5.73 Å². The Morgan fingerprint density at radius 1 is 1.19 bits per heavy atom. The lowest BCUT2D eigenvalue weighted by atomic mass is 10.2. The molecule has 116 valence electrons. The predicted octanol–water partition coefficient (Wildman–Crippen LogP) is 1.62. The molecule has 0 atom stereocenters. The molecule has 6 nitrogen and oxygen atoms in total. The Morgan fingerprint density at radius 2 is 1.81 bits per heavy atom. The minimum atomic E-state index is -3.61. The predicted molar refractivity (Wildman–Crippen MR) is 79.4 cm³/mol. The summed E-state index contributed by atoms with van der Waals surface area (Å²) in [5.41, 5.74) is 6.14. The highest BCUT2D eigenvalue weighted by atomic mass is 32.2. The molecule has 2 N–H and O–H groups in total. The van der Waals surface area contributed by atoms with Gasteiger partial charge in [-0.15, -0.1) is 0 Å². The van der Waals surface area contributed by atoms with E-state index in [1.807, 2.05) is 0 Å². The van der Waals surface area contributed by atoms with E-state index in [-0.39, 0.29) is 16.1 Å². The highest BCUT2D eigenvalue weighted by molar-refractivity contribution is 7.89. The zero-order chi connectivity index (χ0) is 15.5. The van der Waals surface area contributed by atoms with Gasteiger partial charge in [-0.05, 0) is 31.0 Å². The molecule has 7 heteroatoms. The summed E-state index contributed by atoms with van der Waals surface area (Å²) in [6.07, 6.45) is 3.81. The average Bonchev–Trinajstić information content (AvgIpc) is 2.75. The number of nitrogen functional groups attached to an aromatic ring is 1. The van der Waals surface area contributed by atoms with Gasteiger partial charge in [-0.3, -0.25) is 0 Å². The van der Waals surface area contributed by atoms with E-state index in [0.29, 0.717) is 13.1 Å². The summed E-state index contributed by atoms with van der Waals surface area (Å²) < 4.78 is 31.4. The Morgan fingerprint density at radius 3 is 2.33 bits per heavy atom. The van der Waals surface area contributed by atoms with Gasteiger partial charge in [-0.25, -0.2) is 13.2 Å². The van der Waals surface area contributed by atoms with Crippen molar-refractivity contribution in [3.8, 4) is 0 Å². The van der Waals surface area contributed by atoms with Gasteiger partial charge in [0.15, 0.2) is 0 Å². The first kappa shape index (κ1) is 15.8. The molecule has 21 heavy (non-hydrogen) atoms. The maximum absolute atomic E-state index is 12.6. The minimum Gasteiger partial charge on any atom is -0.465 e. The molecule has 0 unspecified atom stereocenters. The highest BCUT2D eigenvalue weighted by Crippen LogP contribution is 2.26. The second-order valence-electron chi connectivity index (χ2n) is 5.06. The molecule has 0 radical (unpaired) electrons. The normalized spacial score (nSPS) is 17.2. The van der Waals surface area contributed by atoms with Crippen LogP contribution in [0.2, 0.25) is 0 Å². The first-order chi connectivity index (χ1) is 9.96. The second kappa shape index (κ2) is 6.44. The van der Waals surface area contributed by atoms with E-state index in [9.17, 15) is 13.2 Å². The van der Waals surface area contributed by atoms with Crippen LogP contribution in [0.4, 0.5) is 5.69 Å². The van der Waals surface area contributed by atoms with Crippen molar-refractivity contribution in [1.29, 1.82) is 0 Å². The van der Waals surface area contributed by atoms with Gasteiger partial charge in [0.05, 0.1) is 18.4 Å². The van der Waals surface area contributed by atoms with Gasteiger partial charge in [-0.2, -0.15) is 4.31 Å². The molecule has 1 fully saturated rings. The number of ether oxygens (including phenoxy) is 1. The lowest BCUT2D eigenvalue weighted by Crippen LogP contribution is -2.32. The molecular weight excluding hydrogens is 292 g/mol. The van der Waals surface area contributed by atoms with Gasteiger partial charge < -0.3 is 10.5 Å². The van der Waals surface area contributed by atoms with Crippen LogP contribution in [0.15, 0.2) is 23.1 Å². The number of hydrogen-bond acceptors (Lipinski definition) is 5. The first-order valence-electron chi connectivity index (χ1n) is 6.95. The molecule has 0 aromatic heterocycles. The maximum Gasteiger partial charge on any atom is 0.337 e. The third-order valence-corrected chi connectivity index (χ3v) is 5.59. The third kappa shape index (κ3) is 3.36. The molecule has 0 bridgehead atoms. The summed E-state index contributed by atoms with van der Waals surface area (Å²) in [7, 11) is -2.34. The lowest BCUT2D eigenvalue weighted by molar-refractivity contribution is 0.0600. The van der Waals surface area contributed by atoms with E-state index in [2.05, 4.69) is 4.74 Å². The number of methoxy groups -OCH3 is 1. The molecule has 1 aliphatic rings. The van der Waals surface area contributed by atoms with Crippen molar-refractivity contribution in [3.63, 3.8) is 0 Å². The summed E-state index contributed by atoms with van der Waals surface area (Å²) in [5, 5.41) is 0. The molecule has 1 saturated heterocycles. The van der Waals surface area contributed by atoms with Gasteiger partial charge >= 0.3 is 5.97 Å². The topological polar surface area (TPSA) is 89.7 Å². The lowest BCUT2D eigenvalue weighted by Gasteiger charge is -2.21. The summed E-state index contributed by atoms with van der Waals surface area (Å²) in [5.74, 6) is -0.541. The highest BCUT2D eigenvalue weighted by Gasteiger charge is 2.27. The Kier molecular flexibility index (Phi) is 4.84. The molecule has 1 aliphatic heterocycles. The summed E-state index contributed by atoms with van der Waals surface area (Å²) in [4.78, 5) is 11.5. The third-order valence-electron chi connectivity index (χ3n) is 3.61. The molecule has 0 amide bonds. The number of hydrogen-bond donors (Lipinski definition) is 1. The van der Waals surface area contributed by atoms with Crippen molar-refractivity contribution >= 4 is 21.7 Å². The van der Waals surface area contributed by atoms with Crippen LogP contribution in [0.5, 0.6) is 0 Å². The quantitative estimate of drug-likeness (QED) is 0.676. The zero-order valence-corrected chi connectivity index (χ0v) is 12.9. The largest absolute Gasteiger partial charge is 0.465 e. The summed E-state index contributed by atoms with van der Waals surface area (Å²) in [6, 6.07) is 4.14. The Balaban J connectivity index is 2.33. The maximum atomic E-state index is 12.6. The smallest absolute Gasteiger partial charge is 0.337 e. The van der Waals surface area contributed by atoms with Crippen LogP contribution in [0.25, 0.3) is 0 Å². The summed E-state index contributed by atoms with van der Waals surface area (Å²) >= 11 is 0. The number of esters is 1. The minimum absolute atomic E-state index is 0.0528. The van der Waals surface area contributed by atoms with Crippen LogP contribution in [0.1, 0.15) is 36.0 Å².